The van der Waals surface area contributed by atoms with Gasteiger partial charge in [-0.25, -0.2) is 0 Å². The molecule has 0 radical (unpaired) electrons. The van der Waals surface area contributed by atoms with Crippen LogP contribution in [0.4, 0.5) is 0 Å². The number of benzene rings is 1. The van der Waals surface area contributed by atoms with Gasteiger partial charge in [-0.05, 0) is 24.3 Å². The van der Waals surface area contributed by atoms with Crippen LogP contribution in [0.2, 0.25) is 0 Å². The van der Waals surface area contributed by atoms with Crippen LogP contribution in [-0.2, 0) is 0 Å². The Bertz CT molecular complexity index is 356. The first-order valence-corrected chi connectivity index (χ1v) is 6.23. The molecule has 0 spiro atoms. The van der Waals surface area contributed by atoms with Crippen LogP contribution in [0.1, 0.15) is 16.8 Å². The van der Waals surface area contributed by atoms with E-state index in [4.69, 9.17) is 4.74 Å². The highest BCUT2D eigenvalue weighted by molar-refractivity contribution is 7.99. The van der Waals surface area contributed by atoms with Gasteiger partial charge in [0.1, 0.15) is 5.75 Å². The molecule has 0 saturated carbocycles. The number of carbonyl (C=O) groups is 1. The maximum atomic E-state index is 12.1. The zero-order valence-electron chi connectivity index (χ0n) is 8.73. The zero-order chi connectivity index (χ0) is 10.7. The number of ether oxygens (including phenoxy) is 1. The molecular formula is C12H14O2S. The third kappa shape index (κ3) is 2.17. The van der Waals surface area contributed by atoms with E-state index in [1.54, 1.807) is 7.11 Å². The second-order valence-electron chi connectivity index (χ2n) is 3.63. The molecule has 0 amide bonds. The normalized spacial score (nSPS) is 20.2. The van der Waals surface area contributed by atoms with Crippen molar-refractivity contribution in [1.82, 2.24) is 0 Å². The molecule has 1 unspecified atom stereocenters. The second-order valence-corrected chi connectivity index (χ2v) is 4.77. The minimum absolute atomic E-state index is 0.186. The van der Waals surface area contributed by atoms with Gasteiger partial charge in [-0.2, -0.15) is 11.8 Å². The molecule has 0 aromatic heterocycles. The molecule has 80 valence electrons. The highest BCUT2D eigenvalue weighted by atomic mass is 32.2. The van der Waals surface area contributed by atoms with Gasteiger partial charge in [0.2, 0.25) is 0 Å². The third-order valence-electron chi connectivity index (χ3n) is 2.67. The van der Waals surface area contributed by atoms with Crippen molar-refractivity contribution in [3.8, 4) is 5.75 Å². The van der Waals surface area contributed by atoms with Gasteiger partial charge in [0.05, 0.1) is 12.7 Å². The molecule has 0 bridgehead atoms. The molecule has 1 fully saturated rings. The fourth-order valence-electron chi connectivity index (χ4n) is 1.81. The highest BCUT2D eigenvalue weighted by Gasteiger charge is 2.25. The van der Waals surface area contributed by atoms with E-state index in [9.17, 15) is 4.79 Å². The van der Waals surface area contributed by atoms with Crippen molar-refractivity contribution in [3.63, 3.8) is 0 Å². The first-order chi connectivity index (χ1) is 7.33. The molecule has 1 aromatic rings. The summed E-state index contributed by atoms with van der Waals surface area (Å²) in [5, 5.41) is 0. The quantitative estimate of drug-likeness (QED) is 0.735. The number of hydrogen-bond donors (Lipinski definition) is 0. The maximum Gasteiger partial charge on any atom is 0.170 e. The van der Waals surface area contributed by atoms with Crippen molar-refractivity contribution >= 4 is 17.5 Å². The topological polar surface area (TPSA) is 26.3 Å². The maximum absolute atomic E-state index is 12.1. The van der Waals surface area contributed by atoms with Gasteiger partial charge < -0.3 is 4.74 Å². The lowest BCUT2D eigenvalue weighted by atomic mass is 9.96. The van der Waals surface area contributed by atoms with Gasteiger partial charge in [-0.1, -0.05) is 12.1 Å². The van der Waals surface area contributed by atoms with E-state index < -0.39 is 0 Å². The van der Waals surface area contributed by atoms with E-state index in [1.807, 2.05) is 36.0 Å². The summed E-state index contributed by atoms with van der Waals surface area (Å²) in [6.45, 7) is 0. The number of methoxy groups -OCH3 is 1. The summed E-state index contributed by atoms with van der Waals surface area (Å²) in [5.41, 5.74) is 0.729. The van der Waals surface area contributed by atoms with Crippen molar-refractivity contribution in [2.24, 2.45) is 5.92 Å². The Kier molecular flexibility index (Phi) is 3.31. The van der Waals surface area contributed by atoms with Gasteiger partial charge in [0.25, 0.3) is 0 Å². The molecule has 1 atom stereocenters. The van der Waals surface area contributed by atoms with Crippen LogP contribution in [0.15, 0.2) is 24.3 Å². The van der Waals surface area contributed by atoms with Gasteiger partial charge in [0, 0.05) is 11.7 Å². The molecule has 1 heterocycles. The van der Waals surface area contributed by atoms with Gasteiger partial charge in [-0.15, -0.1) is 0 Å². The average Bonchev–Trinajstić information content (AvgIpc) is 2.81. The minimum Gasteiger partial charge on any atom is -0.496 e. The Morgan fingerprint density at radius 3 is 2.93 bits per heavy atom. The number of carbonyl (C=O) groups excluding carboxylic acids is 1. The lowest BCUT2D eigenvalue weighted by Gasteiger charge is -2.10. The molecule has 1 aliphatic heterocycles. The van der Waals surface area contributed by atoms with Gasteiger partial charge in [-0.3, -0.25) is 4.79 Å². The Morgan fingerprint density at radius 1 is 1.47 bits per heavy atom. The van der Waals surface area contributed by atoms with Gasteiger partial charge >= 0.3 is 0 Å². The molecule has 1 aromatic carbocycles. The number of rotatable bonds is 3. The summed E-state index contributed by atoms with van der Waals surface area (Å²) in [6, 6.07) is 7.47. The van der Waals surface area contributed by atoms with Crippen LogP contribution in [0, 0.1) is 5.92 Å². The largest absolute Gasteiger partial charge is 0.496 e. The molecule has 1 saturated heterocycles. The number of para-hydroxylation sites is 1. The summed E-state index contributed by atoms with van der Waals surface area (Å²) in [7, 11) is 1.61. The van der Waals surface area contributed by atoms with Crippen LogP contribution in [0.25, 0.3) is 0 Å². The summed E-state index contributed by atoms with van der Waals surface area (Å²) in [4.78, 5) is 12.1. The predicted molar refractivity (Wildman–Crippen MR) is 62.8 cm³/mol. The molecule has 2 nitrogen and oxygen atoms in total. The van der Waals surface area contributed by atoms with Crippen molar-refractivity contribution in [2.45, 2.75) is 6.42 Å². The van der Waals surface area contributed by atoms with Crippen molar-refractivity contribution in [1.29, 1.82) is 0 Å². The summed E-state index contributed by atoms with van der Waals surface area (Å²) in [6.07, 6.45) is 1.00. The Morgan fingerprint density at radius 2 is 2.27 bits per heavy atom. The van der Waals surface area contributed by atoms with Crippen LogP contribution < -0.4 is 4.74 Å². The molecule has 0 N–H and O–H groups in total. The molecule has 0 aliphatic carbocycles. The molecular weight excluding hydrogens is 208 g/mol. The highest BCUT2D eigenvalue weighted by Crippen LogP contribution is 2.29. The standard InChI is InChI=1S/C12H14O2S/c1-14-11-5-3-2-4-10(11)12(13)9-6-7-15-8-9/h2-5,9H,6-8H2,1H3. The third-order valence-corrected chi connectivity index (χ3v) is 3.84. The fraction of sp³-hybridized carbons (Fsp3) is 0.417. The Balaban J connectivity index is 2.24. The number of thioether (sulfide) groups is 1. The van der Waals surface area contributed by atoms with E-state index in [0.717, 1.165) is 23.5 Å². The van der Waals surface area contributed by atoms with Crippen molar-refractivity contribution in [2.75, 3.05) is 18.6 Å². The molecule has 15 heavy (non-hydrogen) atoms. The molecule has 2 rings (SSSR count). The first-order valence-electron chi connectivity index (χ1n) is 5.08. The van der Waals surface area contributed by atoms with E-state index in [0.29, 0.717) is 5.75 Å². The summed E-state index contributed by atoms with van der Waals surface area (Å²) >= 11 is 1.86. The van der Waals surface area contributed by atoms with E-state index in [2.05, 4.69) is 0 Å². The summed E-state index contributed by atoms with van der Waals surface area (Å²) in [5.74, 6) is 3.17. The van der Waals surface area contributed by atoms with E-state index in [1.165, 1.54) is 0 Å². The lowest BCUT2D eigenvalue weighted by Crippen LogP contribution is -2.14. The fourth-order valence-corrected chi connectivity index (χ4v) is 3.03. The van der Waals surface area contributed by atoms with Gasteiger partial charge in [0.15, 0.2) is 5.78 Å². The molecule has 1 aliphatic rings. The number of Topliss-reactive ketones (excluding diaryl/α,β-unsaturated/α-hetero) is 1. The van der Waals surface area contributed by atoms with Crippen molar-refractivity contribution in [3.05, 3.63) is 29.8 Å². The minimum atomic E-state index is 0.186. The van der Waals surface area contributed by atoms with E-state index >= 15 is 0 Å². The summed E-state index contributed by atoms with van der Waals surface area (Å²) < 4.78 is 5.20. The van der Waals surface area contributed by atoms with E-state index in [-0.39, 0.29) is 11.7 Å². The second kappa shape index (κ2) is 4.71. The first kappa shape index (κ1) is 10.6. The van der Waals surface area contributed by atoms with Crippen LogP contribution in [-0.4, -0.2) is 24.4 Å². The number of hydrogen-bond acceptors (Lipinski definition) is 3. The predicted octanol–water partition coefficient (Wildman–Crippen LogP) is 2.63. The van der Waals surface area contributed by atoms with Crippen LogP contribution in [0.3, 0.4) is 0 Å². The van der Waals surface area contributed by atoms with Crippen LogP contribution >= 0.6 is 11.8 Å². The lowest BCUT2D eigenvalue weighted by molar-refractivity contribution is 0.0930. The average molecular weight is 222 g/mol. The Hall–Kier alpha value is -0.960. The van der Waals surface area contributed by atoms with Crippen LogP contribution in [0.5, 0.6) is 5.75 Å². The SMILES string of the molecule is COc1ccccc1C(=O)C1CCSC1. The number of ketones is 1. The Labute approximate surface area is 94.0 Å². The van der Waals surface area contributed by atoms with Crippen molar-refractivity contribution < 1.29 is 9.53 Å². The smallest absolute Gasteiger partial charge is 0.170 e. The zero-order valence-corrected chi connectivity index (χ0v) is 9.55. The molecule has 3 heteroatoms. The monoisotopic (exact) mass is 222 g/mol.